The molecule has 2 rings (SSSR count). The SMILES string of the molecule is C[C@@H](OC(=O)c1ccc(N)c([N+](=O)[O-])c1)C(=O)N[C@@H]1CCCC[C@@H]1C. The van der Waals surface area contributed by atoms with Crippen LogP contribution in [0.2, 0.25) is 0 Å². The minimum atomic E-state index is -0.988. The van der Waals surface area contributed by atoms with Gasteiger partial charge < -0.3 is 15.8 Å². The fourth-order valence-corrected chi connectivity index (χ4v) is 2.94. The molecular weight excluding hydrogens is 326 g/mol. The largest absolute Gasteiger partial charge is 0.449 e. The molecule has 0 aromatic heterocycles. The molecule has 3 atom stereocenters. The van der Waals surface area contributed by atoms with E-state index in [0.717, 1.165) is 31.7 Å². The Hall–Kier alpha value is -2.64. The van der Waals surface area contributed by atoms with Gasteiger partial charge >= 0.3 is 5.97 Å². The Labute approximate surface area is 145 Å². The maximum Gasteiger partial charge on any atom is 0.339 e. The van der Waals surface area contributed by atoms with Crippen LogP contribution in [0.5, 0.6) is 0 Å². The van der Waals surface area contributed by atoms with E-state index in [1.54, 1.807) is 0 Å². The van der Waals surface area contributed by atoms with Crippen LogP contribution in [-0.4, -0.2) is 28.9 Å². The van der Waals surface area contributed by atoms with E-state index in [-0.39, 0.29) is 28.9 Å². The number of nitrogens with one attached hydrogen (secondary N) is 1. The fraction of sp³-hybridized carbons (Fsp3) is 0.529. The van der Waals surface area contributed by atoms with Crippen molar-refractivity contribution in [3.63, 3.8) is 0 Å². The summed E-state index contributed by atoms with van der Waals surface area (Å²) in [7, 11) is 0. The monoisotopic (exact) mass is 349 g/mol. The fourth-order valence-electron chi connectivity index (χ4n) is 2.94. The number of nitrogen functional groups attached to an aromatic ring is 1. The molecule has 25 heavy (non-hydrogen) atoms. The van der Waals surface area contributed by atoms with Crippen LogP contribution in [0.4, 0.5) is 11.4 Å². The van der Waals surface area contributed by atoms with Crippen LogP contribution in [0, 0.1) is 16.0 Å². The first kappa shape index (κ1) is 18.7. The van der Waals surface area contributed by atoms with Crippen molar-refractivity contribution in [1.29, 1.82) is 0 Å². The first-order chi connectivity index (χ1) is 11.8. The van der Waals surface area contributed by atoms with Gasteiger partial charge in [0.1, 0.15) is 5.69 Å². The molecule has 0 bridgehead atoms. The van der Waals surface area contributed by atoms with E-state index in [4.69, 9.17) is 10.5 Å². The second-order valence-corrected chi connectivity index (χ2v) is 6.46. The quantitative estimate of drug-likeness (QED) is 0.364. The van der Waals surface area contributed by atoms with Crippen molar-refractivity contribution in [1.82, 2.24) is 5.32 Å². The van der Waals surface area contributed by atoms with E-state index >= 15 is 0 Å². The number of nitro groups is 1. The molecule has 1 amide bonds. The van der Waals surface area contributed by atoms with Gasteiger partial charge in [-0.25, -0.2) is 4.79 Å². The van der Waals surface area contributed by atoms with Gasteiger partial charge in [0.15, 0.2) is 6.10 Å². The van der Waals surface area contributed by atoms with Crippen molar-refractivity contribution in [3.05, 3.63) is 33.9 Å². The molecule has 1 aliphatic rings. The van der Waals surface area contributed by atoms with Crippen LogP contribution in [0.15, 0.2) is 18.2 Å². The summed E-state index contributed by atoms with van der Waals surface area (Å²) in [6, 6.07) is 3.73. The van der Waals surface area contributed by atoms with Crippen LogP contribution in [0.3, 0.4) is 0 Å². The lowest BCUT2D eigenvalue weighted by Crippen LogP contribution is -2.45. The standard InChI is InChI=1S/C17H23N3O5/c1-10-5-3-4-6-14(10)19-16(21)11(2)25-17(22)12-7-8-13(18)15(9-12)20(23)24/h7-11,14H,3-6,18H2,1-2H3,(H,19,21)/t10-,11+,14+/m0/s1. The summed E-state index contributed by atoms with van der Waals surface area (Å²) >= 11 is 0. The number of ether oxygens (including phenoxy) is 1. The Bertz CT molecular complexity index is 676. The number of carbonyl (C=O) groups is 2. The number of hydrogen-bond acceptors (Lipinski definition) is 6. The molecule has 3 N–H and O–H groups in total. The normalized spacial score (nSPS) is 21.2. The van der Waals surface area contributed by atoms with E-state index in [1.165, 1.54) is 19.1 Å². The van der Waals surface area contributed by atoms with Crippen LogP contribution in [0.25, 0.3) is 0 Å². The van der Waals surface area contributed by atoms with Gasteiger partial charge in [0, 0.05) is 12.1 Å². The Morgan fingerprint density at radius 1 is 1.36 bits per heavy atom. The zero-order valence-corrected chi connectivity index (χ0v) is 14.4. The Morgan fingerprint density at radius 3 is 2.68 bits per heavy atom. The third-order valence-electron chi connectivity index (χ3n) is 4.56. The topological polar surface area (TPSA) is 125 Å². The van der Waals surface area contributed by atoms with Gasteiger partial charge in [-0.05, 0) is 37.8 Å². The van der Waals surface area contributed by atoms with E-state index in [2.05, 4.69) is 12.2 Å². The highest BCUT2D eigenvalue weighted by atomic mass is 16.6. The number of rotatable bonds is 5. The minimum absolute atomic E-state index is 0.0217. The molecule has 136 valence electrons. The van der Waals surface area contributed by atoms with Gasteiger partial charge in [-0.3, -0.25) is 14.9 Å². The highest BCUT2D eigenvalue weighted by molar-refractivity contribution is 5.93. The number of benzene rings is 1. The van der Waals surface area contributed by atoms with Gasteiger partial charge in [-0.2, -0.15) is 0 Å². The number of nitrogens with zero attached hydrogens (tertiary/aromatic N) is 1. The highest BCUT2D eigenvalue weighted by Gasteiger charge is 2.27. The predicted molar refractivity (Wildman–Crippen MR) is 91.9 cm³/mol. The van der Waals surface area contributed by atoms with Crippen molar-refractivity contribution in [2.75, 3.05) is 5.73 Å². The van der Waals surface area contributed by atoms with Crippen molar-refractivity contribution in [2.45, 2.75) is 51.7 Å². The number of esters is 1. The first-order valence-electron chi connectivity index (χ1n) is 8.35. The second-order valence-electron chi connectivity index (χ2n) is 6.46. The Balaban J connectivity index is 1.98. The smallest absolute Gasteiger partial charge is 0.339 e. The lowest BCUT2D eigenvalue weighted by molar-refractivity contribution is -0.383. The third-order valence-corrected chi connectivity index (χ3v) is 4.56. The maximum atomic E-state index is 12.2. The summed E-state index contributed by atoms with van der Waals surface area (Å²) in [4.78, 5) is 34.6. The van der Waals surface area contributed by atoms with Gasteiger partial charge in [-0.1, -0.05) is 19.8 Å². The van der Waals surface area contributed by atoms with Crippen LogP contribution in [0.1, 0.15) is 49.9 Å². The van der Waals surface area contributed by atoms with Crippen LogP contribution < -0.4 is 11.1 Å². The zero-order chi connectivity index (χ0) is 18.6. The van der Waals surface area contributed by atoms with Gasteiger partial charge in [0.25, 0.3) is 11.6 Å². The molecule has 0 radical (unpaired) electrons. The lowest BCUT2D eigenvalue weighted by Gasteiger charge is -2.30. The summed E-state index contributed by atoms with van der Waals surface area (Å²) in [5, 5.41) is 13.8. The average molecular weight is 349 g/mol. The maximum absolute atomic E-state index is 12.2. The predicted octanol–water partition coefficient (Wildman–Crippen LogP) is 2.42. The summed E-state index contributed by atoms with van der Waals surface area (Å²) < 4.78 is 5.14. The summed E-state index contributed by atoms with van der Waals surface area (Å²) in [6.45, 7) is 3.57. The number of anilines is 1. The number of nitrogens with two attached hydrogens (primary N) is 1. The number of nitro benzene ring substituents is 1. The Kier molecular flexibility index (Phi) is 5.95. The summed E-state index contributed by atoms with van der Waals surface area (Å²) in [6.07, 6.45) is 3.22. The first-order valence-corrected chi connectivity index (χ1v) is 8.35. The van der Waals surface area contributed by atoms with Gasteiger partial charge in [-0.15, -0.1) is 0 Å². The second kappa shape index (κ2) is 7.96. The van der Waals surface area contributed by atoms with Crippen LogP contribution in [-0.2, 0) is 9.53 Å². The molecule has 8 heteroatoms. The number of amides is 1. The van der Waals surface area contributed by atoms with Crippen molar-refractivity contribution in [2.24, 2.45) is 5.92 Å². The minimum Gasteiger partial charge on any atom is -0.449 e. The zero-order valence-electron chi connectivity index (χ0n) is 14.4. The van der Waals surface area contributed by atoms with E-state index in [9.17, 15) is 19.7 Å². The molecule has 0 spiro atoms. The van der Waals surface area contributed by atoms with Gasteiger partial charge in [0.2, 0.25) is 0 Å². The van der Waals surface area contributed by atoms with Crippen molar-refractivity contribution in [3.8, 4) is 0 Å². The lowest BCUT2D eigenvalue weighted by atomic mass is 9.86. The third kappa shape index (κ3) is 4.68. The molecule has 1 aliphatic carbocycles. The van der Waals surface area contributed by atoms with Crippen molar-refractivity contribution >= 4 is 23.3 Å². The molecule has 1 aromatic rings. The highest BCUT2D eigenvalue weighted by Crippen LogP contribution is 2.24. The summed E-state index contributed by atoms with van der Waals surface area (Å²) in [5.74, 6) is -0.778. The number of carbonyl (C=O) groups excluding carboxylic acids is 2. The molecule has 1 saturated carbocycles. The molecule has 0 aliphatic heterocycles. The molecule has 1 aromatic carbocycles. The van der Waals surface area contributed by atoms with E-state index in [0.29, 0.717) is 5.92 Å². The average Bonchev–Trinajstić information content (AvgIpc) is 2.56. The molecule has 0 unspecified atom stereocenters. The number of hydrogen-bond donors (Lipinski definition) is 2. The molecular formula is C17H23N3O5. The molecule has 0 heterocycles. The van der Waals surface area contributed by atoms with Crippen molar-refractivity contribution < 1.29 is 19.2 Å². The molecule has 1 fully saturated rings. The molecule has 0 saturated heterocycles. The van der Waals surface area contributed by atoms with E-state index < -0.39 is 17.0 Å². The van der Waals surface area contributed by atoms with Crippen LogP contribution >= 0.6 is 0 Å². The van der Waals surface area contributed by atoms with Gasteiger partial charge in [0.05, 0.1) is 10.5 Å². The molecule has 8 nitrogen and oxygen atoms in total. The Morgan fingerprint density at radius 2 is 2.04 bits per heavy atom. The summed E-state index contributed by atoms with van der Waals surface area (Å²) in [5.41, 5.74) is 5.06. The van der Waals surface area contributed by atoms with E-state index in [1.807, 2.05) is 0 Å².